The van der Waals surface area contributed by atoms with E-state index in [1.807, 2.05) is 0 Å². The Labute approximate surface area is 115 Å². The van der Waals surface area contributed by atoms with Gasteiger partial charge < -0.3 is 10.6 Å². The number of alkyl halides is 3. The van der Waals surface area contributed by atoms with Gasteiger partial charge in [0.05, 0.1) is 16.3 Å². The van der Waals surface area contributed by atoms with Crippen LogP contribution in [0.5, 0.6) is 0 Å². The summed E-state index contributed by atoms with van der Waals surface area (Å²) in [4.78, 5) is 0. The van der Waals surface area contributed by atoms with Crippen molar-refractivity contribution < 1.29 is 13.2 Å². The molecule has 1 aliphatic rings. The molecule has 0 aliphatic carbocycles. The van der Waals surface area contributed by atoms with Crippen LogP contribution in [0.3, 0.4) is 0 Å². The first-order valence-corrected chi connectivity index (χ1v) is 6.66. The van der Waals surface area contributed by atoms with E-state index in [2.05, 4.69) is 10.6 Å². The largest absolute Gasteiger partial charge is 0.416 e. The Balaban J connectivity index is 2.02. The van der Waals surface area contributed by atoms with Gasteiger partial charge in [0.1, 0.15) is 0 Å². The zero-order valence-corrected chi connectivity index (χ0v) is 11.1. The molecule has 19 heavy (non-hydrogen) atoms. The summed E-state index contributed by atoms with van der Waals surface area (Å²) in [6.45, 7) is 2.58. The molecule has 0 radical (unpaired) electrons. The topological polar surface area (TPSA) is 24.1 Å². The lowest BCUT2D eigenvalue weighted by Crippen LogP contribution is -2.31. The van der Waals surface area contributed by atoms with E-state index in [0.717, 1.165) is 38.1 Å². The second-order valence-corrected chi connectivity index (χ2v) is 5.17. The molecule has 0 bridgehead atoms. The predicted octanol–water partition coefficient (Wildman–Crippen LogP) is 3.77. The van der Waals surface area contributed by atoms with Gasteiger partial charge in [-0.1, -0.05) is 11.6 Å². The fraction of sp³-hybridized carbons (Fsp3) is 0.538. The highest BCUT2D eigenvalue weighted by Gasteiger charge is 2.31. The second kappa shape index (κ2) is 6.01. The molecule has 1 aromatic carbocycles. The molecule has 0 amide bonds. The average molecular weight is 293 g/mol. The lowest BCUT2D eigenvalue weighted by Gasteiger charge is -2.23. The van der Waals surface area contributed by atoms with Crippen LogP contribution in [0.2, 0.25) is 5.02 Å². The van der Waals surface area contributed by atoms with E-state index < -0.39 is 11.7 Å². The third-order valence-corrected chi connectivity index (χ3v) is 3.66. The number of rotatable bonds is 3. The van der Waals surface area contributed by atoms with Crippen LogP contribution in [0.1, 0.15) is 18.4 Å². The number of halogens is 4. The molecule has 6 heteroatoms. The van der Waals surface area contributed by atoms with Gasteiger partial charge in [-0.25, -0.2) is 0 Å². The van der Waals surface area contributed by atoms with Gasteiger partial charge in [0.2, 0.25) is 0 Å². The molecule has 2 N–H and O–H groups in total. The van der Waals surface area contributed by atoms with Crippen molar-refractivity contribution in [2.45, 2.75) is 19.0 Å². The lowest BCUT2D eigenvalue weighted by atomic mass is 9.98. The molecule has 1 aliphatic heterocycles. The number of hydrogen-bond donors (Lipinski definition) is 2. The van der Waals surface area contributed by atoms with Gasteiger partial charge >= 0.3 is 6.18 Å². The van der Waals surface area contributed by atoms with Crippen molar-refractivity contribution in [3.8, 4) is 0 Å². The average Bonchev–Trinajstić information content (AvgIpc) is 2.37. The van der Waals surface area contributed by atoms with Crippen molar-refractivity contribution in [2.24, 2.45) is 5.92 Å². The minimum atomic E-state index is -4.34. The van der Waals surface area contributed by atoms with Gasteiger partial charge in [0, 0.05) is 6.54 Å². The first-order valence-electron chi connectivity index (χ1n) is 6.28. The molecule has 1 fully saturated rings. The van der Waals surface area contributed by atoms with Crippen molar-refractivity contribution in [2.75, 3.05) is 25.0 Å². The highest BCUT2D eigenvalue weighted by atomic mass is 35.5. The van der Waals surface area contributed by atoms with Crippen LogP contribution >= 0.6 is 11.6 Å². The summed E-state index contributed by atoms with van der Waals surface area (Å²) in [5.41, 5.74) is -0.320. The fourth-order valence-corrected chi connectivity index (χ4v) is 2.36. The number of anilines is 1. The maximum absolute atomic E-state index is 12.6. The van der Waals surface area contributed by atoms with Crippen LogP contribution in [0.25, 0.3) is 0 Å². The Bertz CT molecular complexity index is 428. The lowest BCUT2D eigenvalue weighted by molar-refractivity contribution is -0.137. The van der Waals surface area contributed by atoms with Gasteiger partial charge in [-0.15, -0.1) is 0 Å². The summed E-state index contributed by atoms with van der Waals surface area (Å²) in [5, 5.41) is 6.61. The maximum Gasteiger partial charge on any atom is 0.416 e. The SMILES string of the molecule is FC(F)(F)c1ccc(Cl)c(NCC2CCNCC2)c1. The molecule has 1 saturated heterocycles. The van der Waals surface area contributed by atoms with Crippen molar-refractivity contribution in [1.29, 1.82) is 0 Å². The van der Waals surface area contributed by atoms with E-state index in [1.54, 1.807) is 0 Å². The highest BCUT2D eigenvalue weighted by molar-refractivity contribution is 6.33. The third kappa shape index (κ3) is 4.01. The first kappa shape index (κ1) is 14.5. The highest BCUT2D eigenvalue weighted by Crippen LogP contribution is 2.34. The first-order chi connectivity index (χ1) is 8.97. The minimum absolute atomic E-state index is 0.321. The smallest absolute Gasteiger partial charge is 0.384 e. The molecule has 0 saturated carbocycles. The zero-order chi connectivity index (χ0) is 13.9. The van der Waals surface area contributed by atoms with Gasteiger partial charge in [-0.2, -0.15) is 13.2 Å². The number of hydrogen-bond acceptors (Lipinski definition) is 2. The Morgan fingerprint density at radius 3 is 2.58 bits per heavy atom. The van der Waals surface area contributed by atoms with Gasteiger partial charge in [0.15, 0.2) is 0 Å². The van der Waals surface area contributed by atoms with Crippen LogP contribution < -0.4 is 10.6 Å². The second-order valence-electron chi connectivity index (χ2n) is 4.77. The number of piperidine rings is 1. The van der Waals surface area contributed by atoms with Crippen molar-refractivity contribution in [3.05, 3.63) is 28.8 Å². The van der Waals surface area contributed by atoms with Crippen LogP contribution in [-0.4, -0.2) is 19.6 Å². The summed E-state index contributed by atoms with van der Waals surface area (Å²) in [6, 6.07) is 3.36. The van der Waals surface area contributed by atoms with E-state index in [9.17, 15) is 13.2 Å². The predicted molar refractivity (Wildman–Crippen MR) is 70.5 cm³/mol. The van der Waals surface area contributed by atoms with Gasteiger partial charge in [-0.05, 0) is 50.0 Å². The molecule has 0 spiro atoms. The summed E-state index contributed by atoms with van der Waals surface area (Å²) >= 11 is 5.92. The van der Waals surface area contributed by atoms with Gasteiger partial charge in [-0.3, -0.25) is 0 Å². The fourth-order valence-electron chi connectivity index (χ4n) is 2.18. The van der Waals surface area contributed by atoms with Crippen molar-refractivity contribution >= 4 is 17.3 Å². The number of benzene rings is 1. The van der Waals surface area contributed by atoms with Crippen molar-refractivity contribution in [1.82, 2.24) is 5.32 Å². The van der Waals surface area contributed by atoms with Crippen LogP contribution in [0.15, 0.2) is 18.2 Å². The normalized spacial score (nSPS) is 17.5. The monoisotopic (exact) mass is 292 g/mol. The Morgan fingerprint density at radius 1 is 1.26 bits per heavy atom. The molecular formula is C13H16ClF3N2. The molecular weight excluding hydrogens is 277 g/mol. The summed E-state index contributed by atoms with van der Waals surface area (Å²) in [7, 11) is 0. The summed E-state index contributed by atoms with van der Waals surface area (Å²) in [5.74, 6) is 0.479. The van der Waals surface area contributed by atoms with E-state index in [4.69, 9.17) is 11.6 Å². The quantitative estimate of drug-likeness (QED) is 0.886. The van der Waals surface area contributed by atoms with E-state index in [1.165, 1.54) is 6.07 Å². The van der Waals surface area contributed by atoms with Crippen LogP contribution in [-0.2, 0) is 6.18 Å². The van der Waals surface area contributed by atoms with Gasteiger partial charge in [0.25, 0.3) is 0 Å². The molecule has 106 valence electrons. The maximum atomic E-state index is 12.6. The van der Waals surface area contributed by atoms with E-state index in [0.29, 0.717) is 23.2 Å². The van der Waals surface area contributed by atoms with Crippen LogP contribution in [0, 0.1) is 5.92 Å². The van der Waals surface area contributed by atoms with Crippen molar-refractivity contribution in [3.63, 3.8) is 0 Å². The van der Waals surface area contributed by atoms with Crippen LogP contribution in [0.4, 0.5) is 18.9 Å². The third-order valence-electron chi connectivity index (χ3n) is 3.33. The molecule has 2 rings (SSSR count). The zero-order valence-electron chi connectivity index (χ0n) is 10.4. The molecule has 1 heterocycles. The molecule has 0 unspecified atom stereocenters. The molecule has 0 aromatic heterocycles. The molecule has 1 aromatic rings. The molecule has 2 nitrogen and oxygen atoms in total. The molecule has 0 atom stereocenters. The minimum Gasteiger partial charge on any atom is -0.384 e. The summed E-state index contributed by atoms with van der Waals surface area (Å²) < 4.78 is 37.8. The van der Waals surface area contributed by atoms with E-state index in [-0.39, 0.29) is 0 Å². The Morgan fingerprint density at radius 2 is 1.95 bits per heavy atom. The standard InChI is InChI=1S/C13H16ClF3N2/c14-11-2-1-10(13(15,16)17)7-12(11)19-8-9-3-5-18-6-4-9/h1-2,7,9,18-19H,3-6,8H2. The van der Waals surface area contributed by atoms with E-state index >= 15 is 0 Å². The summed E-state index contributed by atoms with van der Waals surface area (Å²) in [6.07, 6.45) is -2.27. The Hall–Kier alpha value is -0.940. The Kier molecular flexibility index (Phi) is 4.58. The number of nitrogens with one attached hydrogen (secondary N) is 2.